The maximum absolute atomic E-state index is 12.1. The molecule has 0 spiro atoms. The molecular formula is C17H32ClNO3. The van der Waals surface area contributed by atoms with Crippen molar-refractivity contribution < 1.29 is 19.2 Å². The minimum absolute atomic E-state index is 0.128. The van der Waals surface area contributed by atoms with Gasteiger partial charge in [-0.2, -0.15) is 0 Å². The minimum Gasteiger partial charge on any atom is -0.549 e. The van der Waals surface area contributed by atoms with Crippen LogP contribution >= 0.6 is 11.6 Å². The second kappa shape index (κ2) is 11.0. The molecule has 0 bridgehead atoms. The molecule has 0 aromatic rings. The highest BCUT2D eigenvalue weighted by molar-refractivity contribution is 6.20. The van der Waals surface area contributed by atoms with Crippen LogP contribution < -0.4 is 5.11 Å². The van der Waals surface area contributed by atoms with Crippen LogP contribution in [0.15, 0.2) is 0 Å². The van der Waals surface area contributed by atoms with Crippen LogP contribution in [-0.4, -0.2) is 42.9 Å². The Morgan fingerprint density at radius 3 is 1.95 bits per heavy atom. The molecule has 0 heterocycles. The van der Waals surface area contributed by atoms with Crippen molar-refractivity contribution >= 4 is 23.4 Å². The number of halogens is 1. The van der Waals surface area contributed by atoms with Gasteiger partial charge in [-0.15, -0.1) is 0 Å². The highest BCUT2D eigenvalue weighted by atomic mass is 35.5. The predicted molar refractivity (Wildman–Crippen MR) is 88.4 cm³/mol. The van der Waals surface area contributed by atoms with E-state index in [-0.39, 0.29) is 12.2 Å². The SMILES string of the molecule is CCCCCCCCCC(=O)C(CC(Cl)[N+](C)(C)C)C(=O)[O-]. The summed E-state index contributed by atoms with van der Waals surface area (Å²) in [4.78, 5) is 23.3. The molecule has 0 aromatic heterocycles. The van der Waals surface area contributed by atoms with Gasteiger partial charge in [0, 0.05) is 12.8 Å². The van der Waals surface area contributed by atoms with Crippen molar-refractivity contribution in [3.63, 3.8) is 0 Å². The first-order valence-corrected chi connectivity index (χ1v) is 8.82. The molecule has 5 heteroatoms. The van der Waals surface area contributed by atoms with Crippen LogP contribution in [0.4, 0.5) is 0 Å². The van der Waals surface area contributed by atoms with E-state index >= 15 is 0 Å². The third-order valence-electron chi connectivity index (χ3n) is 3.97. The van der Waals surface area contributed by atoms with Gasteiger partial charge in [0.25, 0.3) is 0 Å². The van der Waals surface area contributed by atoms with Gasteiger partial charge in [0.15, 0.2) is 5.50 Å². The molecule has 0 saturated carbocycles. The number of Topliss-reactive ketones (excluding diaryl/α,β-unsaturated/α-hetero) is 1. The third-order valence-corrected chi connectivity index (χ3v) is 4.73. The highest BCUT2D eigenvalue weighted by Gasteiger charge is 2.29. The van der Waals surface area contributed by atoms with Crippen LogP contribution in [0.5, 0.6) is 0 Å². The molecule has 4 nitrogen and oxygen atoms in total. The van der Waals surface area contributed by atoms with Gasteiger partial charge in [0.2, 0.25) is 0 Å². The highest BCUT2D eigenvalue weighted by Crippen LogP contribution is 2.20. The zero-order valence-corrected chi connectivity index (χ0v) is 15.3. The molecular weight excluding hydrogens is 302 g/mol. The number of nitrogens with zero attached hydrogens (tertiary/aromatic N) is 1. The summed E-state index contributed by atoms with van der Waals surface area (Å²) in [5.74, 6) is -2.63. The summed E-state index contributed by atoms with van der Waals surface area (Å²) in [5.41, 5.74) is -0.416. The van der Waals surface area contributed by atoms with Crippen LogP contribution in [0.3, 0.4) is 0 Å². The van der Waals surface area contributed by atoms with Crippen LogP contribution in [0.1, 0.15) is 64.7 Å². The monoisotopic (exact) mass is 333 g/mol. The van der Waals surface area contributed by atoms with E-state index in [4.69, 9.17) is 11.6 Å². The molecule has 0 N–H and O–H groups in total. The summed E-state index contributed by atoms with van der Waals surface area (Å²) in [6.07, 6.45) is 8.20. The summed E-state index contributed by atoms with van der Waals surface area (Å²) in [6.45, 7) is 2.18. The summed E-state index contributed by atoms with van der Waals surface area (Å²) >= 11 is 6.20. The Balaban J connectivity index is 4.14. The van der Waals surface area contributed by atoms with E-state index in [1.807, 2.05) is 21.1 Å². The molecule has 2 unspecified atom stereocenters. The molecule has 0 aliphatic heterocycles. The smallest absolute Gasteiger partial charge is 0.165 e. The number of hydrogen-bond donors (Lipinski definition) is 0. The minimum atomic E-state index is -1.30. The van der Waals surface area contributed by atoms with Gasteiger partial charge < -0.3 is 14.4 Å². The van der Waals surface area contributed by atoms with Crippen molar-refractivity contribution in [2.45, 2.75) is 70.2 Å². The fourth-order valence-corrected chi connectivity index (χ4v) is 2.48. The molecule has 22 heavy (non-hydrogen) atoms. The summed E-state index contributed by atoms with van der Waals surface area (Å²) < 4.78 is 0.413. The predicted octanol–water partition coefficient (Wildman–Crippen LogP) is 2.72. The Labute approximate surface area is 140 Å². The van der Waals surface area contributed by atoms with Crippen LogP contribution in [0, 0.1) is 5.92 Å². The Morgan fingerprint density at radius 2 is 1.50 bits per heavy atom. The molecule has 0 fully saturated rings. The fraction of sp³-hybridized carbons (Fsp3) is 0.882. The number of carbonyl (C=O) groups is 2. The lowest BCUT2D eigenvalue weighted by atomic mass is 9.95. The Morgan fingerprint density at radius 1 is 1.00 bits per heavy atom. The number of hydrogen-bond acceptors (Lipinski definition) is 3. The Bertz CT molecular complexity index is 339. The molecule has 130 valence electrons. The van der Waals surface area contributed by atoms with Crippen molar-refractivity contribution in [2.24, 2.45) is 5.92 Å². The van der Waals surface area contributed by atoms with E-state index in [9.17, 15) is 14.7 Å². The van der Waals surface area contributed by atoms with E-state index < -0.39 is 17.4 Å². The first kappa shape index (κ1) is 21.4. The van der Waals surface area contributed by atoms with E-state index in [0.29, 0.717) is 10.9 Å². The molecule has 0 rings (SSSR count). The standard InChI is InChI=1S/C17H32ClNO3/c1-5-6-7-8-9-10-11-12-15(20)14(17(21)22)13-16(18)19(2,3)4/h14,16H,5-13H2,1-4H3. The Hall–Kier alpha value is -0.610. The number of carboxylic acids is 1. The Kier molecular flexibility index (Phi) is 10.7. The van der Waals surface area contributed by atoms with Crippen molar-refractivity contribution in [3.8, 4) is 0 Å². The van der Waals surface area contributed by atoms with Gasteiger partial charge in [0.1, 0.15) is 5.78 Å². The summed E-state index contributed by atoms with van der Waals surface area (Å²) in [6, 6.07) is 0. The third kappa shape index (κ3) is 9.42. The molecule has 0 amide bonds. The van der Waals surface area contributed by atoms with Crippen molar-refractivity contribution in [1.82, 2.24) is 0 Å². The molecule has 2 atom stereocenters. The van der Waals surface area contributed by atoms with Gasteiger partial charge in [0.05, 0.1) is 33.0 Å². The normalized spacial score (nSPS) is 14.6. The van der Waals surface area contributed by atoms with Gasteiger partial charge >= 0.3 is 0 Å². The van der Waals surface area contributed by atoms with E-state index in [2.05, 4.69) is 6.92 Å². The van der Waals surface area contributed by atoms with Gasteiger partial charge in [-0.1, -0.05) is 57.0 Å². The summed E-state index contributed by atoms with van der Waals surface area (Å²) in [7, 11) is 5.64. The maximum atomic E-state index is 12.1. The van der Waals surface area contributed by atoms with E-state index in [0.717, 1.165) is 19.3 Å². The summed E-state index contributed by atoms with van der Waals surface area (Å²) in [5, 5.41) is 11.2. The number of carboxylic acid groups (broad SMARTS) is 1. The van der Waals surface area contributed by atoms with Crippen molar-refractivity contribution in [1.29, 1.82) is 0 Å². The first-order chi connectivity index (χ1) is 10.2. The van der Waals surface area contributed by atoms with Crippen LogP contribution in [-0.2, 0) is 9.59 Å². The second-order valence-corrected chi connectivity index (χ2v) is 7.50. The van der Waals surface area contributed by atoms with E-state index in [1.54, 1.807) is 0 Å². The van der Waals surface area contributed by atoms with Crippen LogP contribution in [0.25, 0.3) is 0 Å². The number of carbonyl (C=O) groups excluding carboxylic acids is 2. The lowest BCUT2D eigenvalue weighted by Gasteiger charge is -2.32. The zero-order valence-electron chi connectivity index (χ0n) is 14.6. The molecule has 0 radical (unpaired) electrons. The average molecular weight is 334 g/mol. The number of unbranched alkanes of at least 4 members (excludes halogenated alkanes) is 6. The fourth-order valence-electron chi connectivity index (χ4n) is 2.30. The lowest BCUT2D eigenvalue weighted by Crippen LogP contribution is -2.46. The maximum Gasteiger partial charge on any atom is 0.165 e. The topological polar surface area (TPSA) is 57.2 Å². The van der Waals surface area contributed by atoms with Crippen LogP contribution in [0.2, 0.25) is 0 Å². The van der Waals surface area contributed by atoms with Gasteiger partial charge in [-0.25, -0.2) is 0 Å². The number of alkyl halides is 1. The zero-order chi connectivity index (χ0) is 17.2. The number of ketones is 1. The van der Waals surface area contributed by atoms with E-state index in [1.165, 1.54) is 25.7 Å². The lowest BCUT2D eigenvalue weighted by molar-refractivity contribution is -0.883. The quantitative estimate of drug-likeness (QED) is 0.171. The van der Waals surface area contributed by atoms with Gasteiger partial charge in [-0.05, 0) is 6.42 Å². The molecule has 0 aliphatic carbocycles. The van der Waals surface area contributed by atoms with Crippen molar-refractivity contribution in [2.75, 3.05) is 21.1 Å². The second-order valence-electron chi connectivity index (χ2n) is 7.00. The van der Waals surface area contributed by atoms with Gasteiger partial charge in [-0.3, -0.25) is 4.79 Å². The molecule has 0 aromatic carbocycles. The number of rotatable bonds is 13. The molecule has 0 aliphatic rings. The largest absolute Gasteiger partial charge is 0.549 e. The number of aliphatic carboxylic acids is 1. The number of quaternary nitrogens is 1. The molecule has 0 saturated heterocycles. The first-order valence-electron chi connectivity index (χ1n) is 8.38. The average Bonchev–Trinajstić information content (AvgIpc) is 2.41. The van der Waals surface area contributed by atoms with Crippen molar-refractivity contribution in [3.05, 3.63) is 0 Å².